The number of nitrogens with zero attached hydrogens (tertiary/aromatic N) is 1. The van der Waals surface area contributed by atoms with Crippen molar-refractivity contribution < 1.29 is 9.59 Å². The molecule has 8 heteroatoms. The van der Waals surface area contributed by atoms with Gasteiger partial charge in [0.2, 0.25) is 5.91 Å². The average molecular weight is 394 g/mol. The summed E-state index contributed by atoms with van der Waals surface area (Å²) in [6.45, 7) is 2.26. The van der Waals surface area contributed by atoms with E-state index in [0.29, 0.717) is 18.4 Å². The summed E-state index contributed by atoms with van der Waals surface area (Å²) in [7, 11) is 0. The Kier molecular flexibility index (Phi) is 6.23. The van der Waals surface area contributed by atoms with E-state index >= 15 is 0 Å². The van der Waals surface area contributed by atoms with Gasteiger partial charge in [-0.15, -0.1) is 0 Å². The van der Waals surface area contributed by atoms with Gasteiger partial charge < -0.3 is 15.6 Å². The quantitative estimate of drug-likeness (QED) is 0.550. The number of carbonyl (C=O) groups excluding carboxylic acids is 2. The maximum Gasteiger partial charge on any atom is 0.328 e. The lowest BCUT2D eigenvalue weighted by molar-refractivity contribution is -0.120. The highest BCUT2D eigenvalue weighted by Gasteiger charge is 2.11. The van der Waals surface area contributed by atoms with Gasteiger partial charge in [0.05, 0.1) is 17.4 Å². The fourth-order valence-corrected chi connectivity index (χ4v) is 3.00. The molecule has 0 radical (unpaired) electrons. The summed E-state index contributed by atoms with van der Waals surface area (Å²) in [6.07, 6.45) is 0.702. The van der Waals surface area contributed by atoms with E-state index in [0.717, 1.165) is 10.1 Å². The van der Waals surface area contributed by atoms with Gasteiger partial charge >= 0.3 is 5.69 Å². The first kappa shape index (κ1) is 20.1. The van der Waals surface area contributed by atoms with Crippen molar-refractivity contribution in [3.8, 4) is 0 Å². The number of H-pyrrole nitrogens is 1. The van der Waals surface area contributed by atoms with Crippen molar-refractivity contribution in [3.63, 3.8) is 0 Å². The highest BCUT2D eigenvalue weighted by molar-refractivity contribution is 5.99. The summed E-state index contributed by atoms with van der Waals surface area (Å²) >= 11 is 0. The number of hydrogen-bond acceptors (Lipinski definition) is 4. The first-order valence-corrected chi connectivity index (χ1v) is 9.35. The molecular formula is C21H22N4O4. The maximum atomic E-state index is 12.3. The predicted octanol–water partition coefficient (Wildman–Crippen LogP) is 0.798. The van der Waals surface area contributed by atoms with Gasteiger partial charge in [-0.1, -0.05) is 30.3 Å². The zero-order valence-corrected chi connectivity index (χ0v) is 16.0. The molecule has 3 aromatic rings. The normalized spacial score (nSPS) is 10.7. The molecule has 3 N–H and O–H groups in total. The molecule has 29 heavy (non-hydrogen) atoms. The van der Waals surface area contributed by atoms with Crippen LogP contribution in [0.2, 0.25) is 0 Å². The minimum atomic E-state index is -0.527. The number of aromatic amines is 1. The molecule has 0 atom stereocenters. The summed E-state index contributed by atoms with van der Waals surface area (Å²) in [5.74, 6) is -0.764. The SMILES string of the molecule is CCn1c(=O)[nH]c2cc(C(=O)NCC(=O)NCCc3ccccc3)ccc2c1=O. The number of amides is 2. The van der Waals surface area contributed by atoms with Crippen molar-refractivity contribution >= 4 is 22.7 Å². The van der Waals surface area contributed by atoms with Crippen molar-refractivity contribution in [2.24, 2.45) is 0 Å². The van der Waals surface area contributed by atoms with Crippen LogP contribution in [-0.2, 0) is 17.8 Å². The molecule has 2 amide bonds. The Labute approximate surface area is 166 Å². The van der Waals surface area contributed by atoms with Crippen LogP contribution < -0.4 is 21.9 Å². The van der Waals surface area contributed by atoms with Gasteiger partial charge in [0.25, 0.3) is 11.5 Å². The van der Waals surface area contributed by atoms with Crippen LogP contribution in [0.5, 0.6) is 0 Å². The molecule has 1 aromatic heterocycles. The Bertz CT molecular complexity index is 1150. The Balaban J connectivity index is 1.59. The Morgan fingerprint density at radius 1 is 1.03 bits per heavy atom. The molecule has 0 fully saturated rings. The number of rotatable bonds is 7. The van der Waals surface area contributed by atoms with Crippen molar-refractivity contribution in [1.29, 1.82) is 0 Å². The van der Waals surface area contributed by atoms with Crippen LogP contribution in [0.4, 0.5) is 0 Å². The Hall–Kier alpha value is -3.68. The van der Waals surface area contributed by atoms with Crippen molar-refractivity contribution in [1.82, 2.24) is 20.2 Å². The number of carbonyl (C=O) groups is 2. The zero-order valence-electron chi connectivity index (χ0n) is 16.0. The number of benzene rings is 2. The third kappa shape index (κ3) is 4.78. The standard InChI is InChI=1S/C21H22N4O4/c1-2-25-20(28)16-9-8-15(12-17(16)24-21(25)29)19(27)23-13-18(26)22-11-10-14-6-4-3-5-7-14/h3-9,12H,2,10-11,13H2,1H3,(H,22,26)(H,23,27)(H,24,29). The van der Waals surface area contributed by atoms with Crippen molar-refractivity contribution in [3.05, 3.63) is 80.5 Å². The van der Waals surface area contributed by atoms with E-state index in [1.807, 2.05) is 30.3 Å². The molecule has 3 rings (SSSR count). The molecule has 0 saturated heterocycles. The molecule has 0 unspecified atom stereocenters. The second-order valence-electron chi connectivity index (χ2n) is 6.51. The molecule has 0 bridgehead atoms. The van der Waals surface area contributed by atoms with Crippen LogP contribution in [-0.4, -0.2) is 34.5 Å². The monoisotopic (exact) mass is 394 g/mol. The highest BCUT2D eigenvalue weighted by atomic mass is 16.2. The Morgan fingerprint density at radius 2 is 1.79 bits per heavy atom. The third-order valence-electron chi connectivity index (χ3n) is 4.55. The van der Waals surface area contributed by atoms with Crippen molar-refractivity contribution in [2.45, 2.75) is 19.9 Å². The van der Waals surface area contributed by atoms with Gasteiger partial charge in [-0.05, 0) is 37.1 Å². The lowest BCUT2D eigenvalue weighted by Gasteiger charge is -2.08. The summed E-state index contributed by atoms with van der Waals surface area (Å²) in [4.78, 5) is 51.0. The van der Waals surface area contributed by atoms with Crippen LogP contribution >= 0.6 is 0 Å². The number of aromatic nitrogens is 2. The largest absolute Gasteiger partial charge is 0.354 e. The van der Waals surface area contributed by atoms with Crippen LogP contribution in [0.15, 0.2) is 58.1 Å². The van der Waals surface area contributed by atoms with Crippen LogP contribution in [0.3, 0.4) is 0 Å². The van der Waals surface area contributed by atoms with E-state index in [1.165, 1.54) is 18.2 Å². The molecule has 2 aromatic carbocycles. The fraction of sp³-hybridized carbons (Fsp3) is 0.238. The smallest absolute Gasteiger partial charge is 0.328 e. The highest BCUT2D eigenvalue weighted by Crippen LogP contribution is 2.09. The van der Waals surface area contributed by atoms with E-state index in [4.69, 9.17) is 0 Å². The van der Waals surface area contributed by atoms with E-state index in [1.54, 1.807) is 6.92 Å². The molecule has 8 nitrogen and oxygen atoms in total. The van der Waals surface area contributed by atoms with E-state index in [2.05, 4.69) is 15.6 Å². The molecule has 0 spiro atoms. The first-order valence-electron chi connectivity index (χ1n) is 9.35. The Morgan fingerprint density at radius 3 is 2.52 bits per heavy atom. The number of hydrogen-bond donors (Lipinski definition) is 3. The van der Waals surface area contributed by atoms with Gasteiger partial charge in [0.1, 0.15) is 0 Å². The third-order valence-corrected chi connectivity index (χ3v) is 4.55. The topological polar surface area (TPSA) is 113 Å². The maximum absolute atomic E-state index is 12.3. The van der Waals surface area contributed by atoms with E-state index in [-0.39, 0.29) is 30.1 Å². The fourth-order valence-electron chi connectivity index (χ4n) is 3.00. The second-order valence-corrected chi connectivity index (χ2v) is 6.51. The average Bonchev–Trinajstić information content (AvgIpc) is 2.72. The minimum Gasteiger partial charge on any atom is -0.354 e. The summed E-state index contributed by atoms with van der Waals surface area (Å²) in [6, 6.07) is 14.2. The van der Waals surface area contributed by atoms with Gasteiger partial charge in [0.15, 0.2) is 0 Å². The molecule has 1 heterocycles. The molecule has 0 aliphatic heterocycles. The van der Waals surface area contributed by atoms with Gasteiger partial charge in [0, 0.05) is 18.7 Å². The van der Waals surface area contributed by atoms with Crippen LogP contribution in [0.25, 0.3) is 10.9 Å². The predicted molar refractivity (Wildman–Crippen MR) is 110 cm³/mol. The molecule has 0 aliphatic carbocycles. The summed E-state index contributed by atoms with van der Waals surface area (Å²) in [5.41, 5.74) is 0.712. The van der Waals surface area contributed by atoms with Crippen LogP contribution in [0.1, 0.15) is 22.8 Å². The first-order chi connectivity index (χ1) is 14.0. The molecule has 150 valence electrons. The summed E-state index contributed by atoms with van der Waals surface area (Å²) in [5, 5.41) is 5.61. The van der Waals surface area contributed by atoms with Crippen molar-refractivity contribution in [2.75, 3.05) is 13.1 Å². The van der Waals surface area contributed by atoms with E-state index in [9.17, 15) is 19.2 Å². The molecule has 0 aliphatic rings. The van der Waals surface area contributed by atoms with Gasteiger partial charge in [-0.2, -0.15) is 0 Å². The van der Waals surface area contributed by atoms with Gasteiger partial charge in [-0.25, -0.2) is 4.79 Å². The van der Waals surface area contributed by atoms with Crippen LogP contribution in [0, 0.1) is 0 Å². The lowest BCUT2D eigenvalue weighted by Crippen LogP contribution is -2.38. The second kappa shape index (κ2) is 9.01. The molecule has 0 saturated carbocycles. The van der Waals surface area contributed by atoms with Gasteiger partial charge in [-0.3, -0.25) is 19.0 Å². The minimum absolute atomic E-state index is 0.167. The number of nitrogens with one attached hydrogen (secondary N) is 3. The van der Waals surface area contributed by atoms with E-state index < -0.39 is 17.2 Å². The summed E-state index contributed by atoms with van der Waals surface area (Å²) < 4.78 is 1.09. The zero-order chi connectivity index (χ0) is 20.8. The molecular weight excluding hydrogens is 372 g/mol. The lowest BCUT2D eigenvalue weighted by atomic mass is 10.1. The number of fused-ring (bicyclic) bond motifs is 1.